The molecular weight excluding hydrogens is 324 g/mol. The number of carbonyl (C=O) groups excluding carboxylic acids is 1. The number of benzene rings is 1. The van der Waals surface area contributed by atoms with Crippen LogP contribution in [0.2, 0.25) is 0 Å². The van der Waals surface area contributed by atoms with Crippen LogP contribution in [0.1, 0.15) is 35.2 Å². The molecule has 0 radical (unpaired) electrons. The standard InChI is InChI=1S/C21H32N4O/c1-14-10-17(21-19(11-14)15(2)16(3)23-21)12-22-20(26)7-9-25(5)18-6-8-24(4)13-18/h10-11,18,23H,6-9,12-13H2,1-5H3,(H,22,26)/t18-/m1/s1. The molecule has 26 heavy (non-hydrogen) atoms. The molecule has 1 aromatic carbocycles. The number of likely N-dealkylation sites (tertiary alicyclic amines) is 1. The van der Waals surface area contributed by atoms with Gasteiger partial charge in [-0.05, 0) is 65.0 Å². The fourth-order valence-electron chi connectivity index (χ4n) is 3.94. The number of carbonyl (C=O) groups is 1. The zero-order valence-electron chi connectivity index (χ0n) is 16.8. The SMILES string of the molecule is Cc1cc(CNC(=O)CCN(C)[C@@H]2CCN(C)C2)c2[nH]c(C)c(C)c2c1. The molecule has 1 aromatic heterocycles. The Hall–Kier alpha value is -1.85. The Morgan fingerprint density at radius 2 is 2.12 bits per heavy atom. The number of aromatic nitrogens is 1. The van der Waals surface area contributed by atoms with Crippen LogP contribution in [0.3, 0.4) is 0 Å². The number of hydrogen-bond donors (Lipinski definition) is 2. The number of nitrogens with one attached hydrogen (secondary N) is 2. The number of fused-ring (bicyclic) bond motifs is 1. The van der Waals surface area contributed by atoms with Crippen molar-refractivity contribution in [2.45, 2.75) is 46.2 Å². The quantitative estimate of drug-likeness (QED) is 0.837. The Morgan fingerprint density at radius 3 is 2.81 bits per heavy atom. The molecule has 2 heterocycles. The summed E-state index contributed by atoms with van der Waals surface area (Å²) in [5, 5.41) is 4.37. The van der Waals surface area contributed by atoms with Gasteiger partial charge in [0, 0.05) is 43.2 Å². The van der Waals surface area contributed by atoms with Gasteiger partial charge in [0.05, 0.1) is 5.52 Å². The van der Waals surface area contributed by atoms with E-state index in [0.29, 0.717) is 19.0 Å². The van der Waals surface area contributed by atoms with Gasteiger partial charge in [-0.15, -0.1) is 0 Å². The molecule has 1 atom stereocenters. The molecule has 3 rings (SSSR count). The summed E-state index contributed by atoms with van der Waals surface area (Å²) in [7, 11) is 4.29. The van der Waals surface area contributed by atoms with E-state index < -0.39 is 0 Å². The summed E-state index contributed by atoms with van der Waals surface area (Å²) < 4.78 is 0. The third kappa shape index (κ3) is 4.10. The minimum Gasteiger partial charge on any atom is -0.358 e. The van der Waals surface area contributed by atoms with E-state index in [1.165, 1.54) is 28.6 Å². The van der Waals surface area contributed by atoms with Gasteiger partial charge in [0.15, 0.2) is 0 Å². The highest BCUT2D eigenvalue weighted by atomic mass is 16.1. The van der Waals surface area contributed by atoms with Crippen LogP contribution in [0, 0.1) is 20.8 Å². The Kier molecular flexibility index (Phi) is 5.68. The third-order valence-corrected chi connectivity index (χ3v) is 5.80. The Bertz CT molecular complexity index is 795. The zero-order chi connectivity index (χ0) is 18.8. The predicted molar refractivity (Wildman–Crippen MR) is 108 cm³/mol. The minimum atomic E-state index is 0.123. The summed E-state index contributed by atoms with van der Waals surface area (Å²) in [5.41, 5.74) is 6.03. The number of aryl methyl sites for hydroxylation is 3. The molecule has 0 bridgehead atoms. The van der Waals surface area contributed by atoms with Crippen molar-refractivity contribution in [1.82, 2.24) is 20.1 Å². The van der Waals surface area contributed by atoms with Gasteiger partial charge in [-0.25, -0.2) is 0 Å². The Morgan fingerprint density at radius 1 is 1.35 bits per heavy atom. The van der Waals surface area contributed by atoms with Gasteiger partial charge in [-0.2, -0.15) is 0 Å². The van der Waals surface area contributed by atoms with Crippen LogP contribution in [0.15, 0.2) is 12.1 Å². The number of aromatic amines is 1. The summed E-state index contributed by atoms with van der Waals surface area (Å²) in [4.78, 5) is 20.5. The zero-order valence-corrected chi connectivity index (χ0v) is 16.8. The molecule has 2 N–H and O–H groups in total. The second kappa shape index (κ2) is 7.80. The highest BCUT2D eigenvalue weighted by Gasteiger charge is 2.23. The van der Waals surface area contributed by atoms with E-state index in [1.54, 1.807) is 0 Å². The second-order valence-corrected chi connectivity index (χ2v) is 7.93. The Balaban J connectivity index is 1.56. The van der Waals surface area contributed by atoms with E-state index in [1.807, 2.05) is 0 Å². The van der Waals surface area contributed by atoms with Crippen molar-refractivity contribution in [2.24, 2.45) is 0 Å². The van der Waals surface area contributed by atoms with Crippen molar-refractivity contribution in [3.8, 4) is 0 Å². The maximum Gasteiger partial charge on any atom is 0.221 e. The molecule has 2 aromatic rings. The number of amides is 1. The highest BCUT2D eigenvalue weighted by Crippen LogP contribution is 2.26. The molecule has 142 valence electrons. The molecular formula is C21H32N4O. The number of H-pyrrole nitrogens is 1. The summed E-state index contributed by atoms with van der Waals surface area (Å²) in [5.74, 6) is 0.123. The van der Waals surface area contributed by atoms with Gasteiger partial charge in [-0.1, -0.05) is 11.6 Å². The van der Waals surface area contributed by atoms with Crippen molar-refractivity contribution < 1.29 is 4.79 Å². The minimum absolute atomic E-state index is 0.123. The molecule has 1 fully saturated rings. The van der Waals surface area contributed by atoms with Crippen LogP contribution in [0.5, 0.6) is 0 Å². The molecule has 0 saturated carbocycles. The number of rotatable bonds is 6. The van der Waals surface area contributed by atoms with E-state index in [9.17, 15) is 4.79 Å². The maximum atomic E-state index is 12.3. The first-order valence-corrected chi connectivity index (χ1v) is 9.59. The number of nitrogens with zero attached hydrogens (tertiary/aromatic N) is 2. The van der Waals surface area contributed by atoms with Crippen LogP contribution in [0.25, 0.3) is 10.9 Å². The fourth-order valence-corrected chi connectivity index (χ4v) is 3.94. The van der Waals surface area contributed by atoms with Crippen molar-refractivity contribution in [1.29, 1.82) is 0 Å². The lowest BCUT2D eigenvalue weighted by atomic mass is 10.0. The van der Waals surface area contributed by atoms with E-state index in [2.05, 4.69) is 67.1 Å². The van der Waals surface area contributed by atoms with Crippen molar-refractivity contribution in [2.75, 3.05) is 33.7 Å². The lowest BCUT2D eigenvalue weighted by Crippen LogP contribution is -2.36. The van der Waals surface area contributed by atoms with E-state index in [-0.39, 0.29) is 5.91 Å². The predicted octanol–water partition coefficient (Wildman–Crippen LogP) is 2.74. The van der Waals surface area contributed by atoms with E-state index >= 15 is 0 Å². The third-order valence-electron chi connectivity index (χ3n) is 5.80. The largest absolute Gasteiger partial charge is 0.358 e. The average molecular weight is 357 g/mol. The number of hydrogen-bond acceptors (Lipinski definition) is 3. The van der Waals surface area contributed by atoms with Crippen molar-refractivity contribution in [3.63, 3.8) is 0 Å². The summed E-state index contributed by atoms with van der Waals surface area (Å²) in [6.45, 7) is 10.0. The van der Waals surface area contributed by atoms with Gasteiger partial charge >= 0.3 is 0 Å². The molecule has 1 saturated heterocycles. The van der Waals surface area contributed by atoms with Crippen molar-refractivity contribution >= 4 is 16.8 Å². The summed E-state index contributed by atoms with van der Waals surface area (Å²) in [6.07, 6.45) is 1.75. The summed E-state index contributed by atoms with van der Waals surface area (Å²) >= 11 is 0. The van der Waals surface area contributed by atoms with Gasteiger partial charge in [0.2, 0.25) is 5.91 Å². The van der Waals surface area contributed by atoms with E-state index in [4.69, 9.17) is 0 Å². The molecule has 1 amide bonds. The summed E-state index contributed by atoms with van der Waals surface area (Å²) in [6, 6.07) is 4.96. The van der Waals surface area contributed by atoms with Gasteiger partial charge in [0.1, 0.15) is 0 Å². The molecule has 0 unspecified atom stereocenters. The highest BCUT2D eigenvalue weighted by molar-refractivity contribution is 5.88. The molecule has 0 aliphatic carbocycles. The average Bonchev–Trinajstić information content (AvgIpc) is 3.15. The normalized spacial score (nSPS) is 18.2. The molecule has 5 nitrogen and oxygen atoms in total. The van der Waals surface area contributed by atoms with Crippen LogP contribution in [0.4, 0.5) is 0 Å². The molecule has 0 spiro atoms. The van der Waals surface area contributed by atoms with E-state index in [0.717, 1.165) is 30.7 Å². The van der Waals surface area contributed by atoms with Gasteiger partial charge < -0.3 is 20.1 Å². The van der Waals surface area contributed by atoms with Crippen LogP contribution >= 0.6 is 0 Å². The Labute approximate surface area is 156 Å². The lowest BCUT2D eigenvalue weighted by molar-refractivity contribution is -0.121. The van der Waals surface area contributed by atoms with Gasteiger partial charge in [-0.3, -0.25) is 4.79 Å². The second-order valence-electron chi connectivity index (χ2n) is 7.93. The fraction of sp³-hybridized carbons (Fsp3) is 0.571. The van der Waals surface area contributed by atoms with Gasteiger partial charge in [0.25, 0.3) is 0 Å². The van der Waals surface area contributed by atoms with Crippen LogP contribution in [-0.2, 0) is 11.3 Å². The van der Waals surface area contributed by atoms with Crippen LogP contribution in [-0.4, -0.2) is 60.5 Å². The number of likely N-dealkylation sites (N-methyl/N-ethyl adjacent to an activating group) is 2. The topological polar surface area (TPSA) is 51.4 Å². The lowest BCUT2D eigenvalue weighted by Gasteiger charge is -2.23. The maximum absolute atomic E-state index is 12.3. The van der Waals surface area contributed by atoms with Crippen LogP contribution < -0.4 is 5.32 Å². The molecule has 5 heteroatoms. The first-order chi connectivity index (χ1) is 12.3. The first-order valence-electron chi connectivity index (χ1n) is 9.59. The molecule has 1 aliphatic rings. The first kappa shape index (κ1) is 18.9. The van der Waals surface area contributed by atoms with Crippen molar-refractivity contribution in [3.05, 3.63) is 34.5 Å². The molecule has 1 aliphatic heterocycles. The smallest absolute Gasteiger partial charge is 0.221 e. The monoisotopic (exact) mass is 356 g/mol.